The van der Waals surface area contributed by atoms with Crippen molar-refractivity contribution in [2.45, 2.75) is 4.90 Å². The number of sulfonamides is 1. The molecule has 0 spiro atoms. The third-order valence-electron chi connectivity index (χ3n) is 3.46. The molecule has 1 amide bonds. The molecule has 0 bridgehead atoms. The van der Waals surface area contributed by atoms with Crippen LogP contribution in [0.1, 0.15) is 10.4 Å². The highest BCUT2D eigenvalue weighted by Crippen LogP contribution is 2.24. The molecule has 2 rings (SSSR count). The minimum Gasteiger partial charge on any atom is -0.351 e. The van der Waals surface area contributed by atoms with Crippen LogP contribution in [0.5, 0.6) is 0 Å². The van der Waals surface area contributed by atoms with Gasteiger partial charge in [0, 0.05) is 24.2 Å². The van der Waals surface area contributed by atoms with E-state index in [4.69, 9.17) is 11.6 Å². The maximum atomic E-state index is 12.3. The van der Waals surface area contributed by atoms with Crippen LogP contribution < -0.4 is 9.62 Å². The highest BCUT2D eigenvalue weighted by atomic mass is 35.5. The van der Waals surface area contributed by atoms with E-state index >= 15 is 0 Å². The average molecular weight is 399 g/mol. The van der Waals surface area contributed by atoms with Gasteiger partial charge in [0.1, 0.15) is 0 Å². The topological polar surface area (TPSA) is 66.5 Å². The quantitative estimate of drug-likeness (QED) is 0.574. The van der Waals surface area contributed by atoms with E-state index in [1.165, 1.54) is 19.2 Å². The van der Waals surface area contributed by atoms with E-state index in [2.05, 4.69) is 5.32 Å². The number of hydrogen-bond donors (Lipinski definition) is 1. The summed E-state index contributed by atoms with van der Waals surface area (Å²) in [5, 5.41) is 3.08. The Balaban J connectivity index is 1.99. The number of carbonyl (C=O) groups excluding carboxylic acids is 1. The Labute approximate surface area is 157 Å². The van der Waals surface area contributed by atoms with E-state index < -0.39 is 10.0 Å². The second-order valence-electron chi connectivity index (χ2n) is 5.31. The smallest absolute Gasteiger partial charge is 0.252 e. The molecule has 0 aliphatic carbocycles. The Kier molecular flexibility index (Phi) is 6.75. The van der Waals surface area contributed by atoms with Gasteiger partial charge < -0.3 is 5.32 Å². The fourth-order valence-corrected chi connectivity index (χ4v) is 3.51. The van der Waals surface area contributed by atoms with E-state index in [9.17, 15) is 13.2 Å². The molecule has 0 radical (unpaired) electrons. The molecule has 8 heteroatoms. The molecular weight excluding hydrogens is 380 g/mol. The minimum absolute atomic E-state index is 0.249. The van der Waals surface area contributed by atoms with E-state index in [1.54, 1.807) is 17.8 Å². The number of hydrogen-bond acceptors (Lipinski definition) is 4. The van der Waals surface area contributed by atoms with Crippen molar-refractivity contribution in [1.29, 1.82) is 0 Å². The molecule has 134 valence electrons. The standard InChI is InChI=1S/C17H19ClN2O3S2/c1-20(25(2,22)23)13-8-9-16(18)15(12-13)17(21)19-10-11-24-14-6-4-3-5-7-14/h3-9,12H,10-11H2,1-2H3,(H,19,21). The average Bonchev–Trinajstić information content (AvgIpc) is 2.58. The number of rotatable bonds is 7. The number of carbonyl (C=O) groups is 1. The molecule has 25 heavy (non-hydrogen) atoms. The van der Waals surface area contributed by atoms with Crippen LogP contribution in [0.2, 0.25) is 5.02 Å². The SMILES string of the molecule is CN(c1ccc(Cl)c(C(=O)NCCSc2ccccc2)c1)S(C)(=O)=O. The number of nitrogens with zero attached hydrogens (tertiary/aromatic N) is 1. The van der Waals surface area contributed by atoms with Gasteiger partial charge in [-0.2, -0.15) is 0 Å². The first-order chi connectivity index (χ1) is 11.8. The zero-order valence-electron chi connectivity index (χ0n) is 13.9. The predicted molar refractivity (Wildman–Crippen MR) is 104 cm³/mol. The lowest BCUT2D eigenvalue weighted by atomic mass is 10.2. The Morgan fingerprint density at radius 2 is 1.88 bits per heavy atom. The number of halogens is 1. The van der Waals surface area contributed by atoms with Crippen molar-refractivity contribution in [1.82, 2.24) is 5.32 Å². The van der Waals surface area contributed by atoms with Crippen LogP contribution >= 0.6 is 23.4 Å². The van der Waals surface area contributed by atoms with E-state index in [-0.39, 0.29) is 16.5 Å². The van der Waals surface area contributed by atoms with Crippen LogP contribution in [0, 0.1) is 0 Å². The first-order valence-corrected chi connectivity index (χ1v) is 10.7. The van der Waals surface area contributed by atoms with Gasteiger partial charge in [0.2, 0.25) is 10.0 Å². The highest BCUT2D eigenvalue weighted by Gasteiger charge is 2.16. The first kappa shape index (κ1) is 19.6. The fraction of sp³-hybridized carbons (Fsp3) is 0.235. The van der Waals surface area contributed by atoms with E-state index in [0.29, 0.717) is 12.2 Å². The van der Waals surface area contributed by atoms with Gasteiger partial charge in [-0.15, -0.1) is 11.8 Å². The number of nitrogens with one attached hydrogen (secondary N) is 1. The molecule has 2 aromatic rings. The Hall–Kier alpha value is -1.70. The molecule has 0 aliphatic rings. The van der Waals surface area contributed by atoms with Crippen LogP contribution in [0.4, 0.5) is 5.69 Å². The summed E-state index contributed by atoms with van der Waals surface area (Å²) in [7, 11) is -1.98. The lowest BCUT2D eigenvalue weighted by Crippen LogP contribution is -2.28. The van der Waals surface area contributed by atoms with E-state index in [1.807, 2.05) is 30.3 Å². The Morgan fingerprint density at radius 3 is 2.52 bits per heavy atom. The number of anilines is 1. The lowest BCUT2D eigenvalue weighted by Gasteiger charge is -2.18. The maximum Gasteiger partial charge on any atom is 0.252 e. The van der Waals surface area contributed by atoms with Crippen molar-refractivity contribution < 1.29 is 13.2 Å². The van der Waals surface area contributed by atoms with Crippen molar-refractivity contribution in [2.75, 3.05) is 29.9 Å². The largest absolute Gasteiger partial charge is 0.351 e. The molecule has 1 N–H and O–H groups in total. The zero-order chi connectivity index (χ0) is 18.4. The van der Waals surface area contributed by atoms with Crippen LogP contribution in [0.3, 0.4) is 0 Å². The number of benzene rings is 2. The van der Waals surface area contributed by atoms with Crippen LogP contribution in [-0.2, 0) is 10.0 Å². The highest BCUT2D eigenvalue weighted by molar-refractivity contribution is 7.99. The number of amides is 1. The van der Waals surface area contributed by atoms with Gasteiger partial charge >= 0.3 is 0 Å². The molecule has 0 unspecified atom stereocenters. The Morgan fingerprint density at radius 1 is 1.20 bits per heavy atom. The summed E-state index contributed by atoms with van der Waals surface area (Å²) < 4.78 is 24.4. The van der Waals surface area contributed by atoms with Gasteiger partial charge in [0.25, 0.3) is 5.91 Å². The fourth-order valence-electron chi connectivity index (χ4n) is 2.02. The van der Waals surface area contributed by atoms with Crippen LogP contribution in [0.15, 0.2) is 53.4 Å². The van der Waals surface area contributed by atoms with Crippen molar-refractivity contribution in [3.8, 4) is 0 Å². The monoisotopic (exact) mass is 398 g/mol. The summed E-state index contributed by atoms with van der Waals surface area (Å²) in [6, 6.07) is 14.5. The third kappa shape index (κ3) is 5.66. The van der Waals surface area contributed by atoms with Gasteiger partial charge in [0.05, 0.1) is 22.5 Å². The molecule has 0 fully saturated rings. The Bertz CT molecular complexity index is 842. The van der Waals surface area contributed by atoms with Crippen molar-refractivity contribution >= 4 is 45.0 Å². The summed E-state index contributed by atoms with van der Waals surface area (Å²) >= 11 is 7.72. The molecule has 5 nitrogen and oxygen atoms in total. The van der Waals surface area contributed by atoms with Gasteiger partial charge in [-0.25, -0.2) is 8.42 Å². The number of thioether (sulfide) groups is 1. The van der Waals surface area contributed by atoms with Gasteiger partial charge in [-0.05, 0) is 30.3 Å². The molecule has 0 heterocycles. The molecular formula is C17H19ClN2O3S2. The first-order valence-electron chi connectivity index (χ1n) is 7.48. The lowest BCUT2D eigenvalue weighted by molar-refractivity contribution is 0.0956. The van der Waals surface area contributed by atoms with Crippen LogP contribution in [0.25, 0.3) is 0 Å². The van der Waals surface area contributed by atoms with Crippen molar-refractivity contribution in [2.24, 2.45) is 0 Å². The van der Waals surface area contributed by atoms with Crippen molar-refractivity contribution in [3.05, 3.63) is 59.1 Å². The predicted octanol–water partition coefficient (Wildman–Crippen LogP) is 3.26. The summed E-state index contributed by atoms with van der Waals surface area (Å²) in [4.78, 5) is 13.5. The minimum atomic E-state index is -3.41. The summed E-state index contributed by atoms with van der Waals surface area (Å²) in [5.41, 5.74) is 0.634. The molecule has 0 atom stereocenters. The summed E-state index contributed by atoms with van der Waals surface area (Å²) in [6.07, 6.45) is 1.10. The van der Waals surface area contributed by atoms with Gasteiger partial charge in [-0.3, -0.25) is 9.10 Å². The maximum absolute atomic E-state index is 12.3. The second kappa shape index (κ2) is 8.60. The molecule has 0 aliphatic heterocycles. The van der Waals surface area contributed by atoms with Crippen molar-refractivity contribution in [3.63, 3.8) is 0 Å². The van der Waals surface area contributed by atoms with E-state index in [0.717, 1.165) is 21.2 Å². The molecule has 0 saturated carbocycles. The normalized spacial score (nSPS) is 11.2. The summed E-state index contributed by atoms with van der Waals surface area (Å²) in [5.74, 6) is 0.387. The molecule has 0 aromatic heterocycles. The third-order valence-corrected chi connectivity index (χ3v) is 6.00. The zero-order valence-corrected chi connectivity index (χ0v) is 16.3. The second-order valence-corrected chi connectivity index (χ2v) is 8.90. The van der Waals surface area contributed by atoms with Crippen LogP contribution in [-0.4, -0.2) is 39.9 Å². The summed E-state index contributed by atoms with van der Waals surface area (Å²) in [6.45, 7) is 0.473. The molecule has 0 saturated heterocycles. The van der Waals surface area contributed by atoms with Gasteiger partial charge in [0.15, 0.2) is 0 Å². The van der Waals surface area contributed by atoms with Gasteiger partial charge in [-0.1, -0.05) is 29.8 Å². The molecule has 2 aromatic carbocycles.